The van der Waals surface area contributed by atoms with E-state index < -0.39 is 5.78 Å². The van der Waals surface area contributed by atoms with E-state index in [0.717, 1.165) is 0 Å². The summed E-state index contributed by atoms with van der Waals surface area (Å²) in [6.07, 6.45) is 0.296. The number of carbonyl (C=O) groups is 1. The molecule has 0 saturated heterocycles. The molecule has 22 heavy (non-hydrogen) atoms. The first-order valence-electron chi connectivity index (χ1n) is 7.01. The van der Waals surface area contributed by atoms with Gasteiger partial charge in [0.2, 0.25) is 0 Å². The van der Waals surface area contributed by atoms with Crippen LogP contribution in [0, 0.1) is 10.1 Å². The lowest BCUT2D eigenvalue weighted by atomic mass is 10.0. The quantitative estimate of drug-likeness (QED) is 0.551. The summed E-state index contributed by atoms with van der Waals surface area (Å²) in [5.74, 6) is -0.442. The molecular weight excluding hydrogens is 280 g/mol. The fourth-order valence-electron chi connectivity index (χ4n) is 2.55. The lowest BCUT2D eigenvalue weighted by molar-refractivity contribution is -0.468. The molecule has 1 heterocycles. The largest absolute Gasteiger partial charge is 0.805 e. The van der Waals surface area contributed by atoms with Crippen molar-refractivity contribution in [2.24, 2.45) is 0 Å². The molecule has 0 saturated carbocycles. The Balaban J connectivity index is 2.36. The lowest BCUT2D eigenvalue weighted by Crippen LogP contribution is -2.31. The van der Waals surface area contributed by atoms with Crippen molar-refractivity contribution in [3.8, 4) is 0 Å². The Morgan fingerprint density at radius 3 is 2.41 bits per heavy atom. The number of ketones is 1. The van der Waals surface area contributed by atoms with Gasteiger partial charge in [-0.3, -0.25) is 4.79 Å². The van der Waals surface area contributed by atoms with E-state index in [0.29, 0.717) is 21.1 Å². The van der Waals surface area contributed by atoms with Crippen LogP contribution in [0.25, 0.3) is 11.0 Å². The zero-order chi connectivity index (χ0) is 15.7. The van der Waals surface area contributed by atoms with E-state index in [1.165, 1.54) is 6.07 Å². The van der Waals surface area contributed by atoms with Crippen LogP contribution in [-0.4, -0.2) is 10.5 Å². The molecule has 110 valence electrons. The maximum absolute atomic E-state index is 12.7. The van der Waals surface area contributed by atoms with E-state index in [1.807, 2.05) is 0 Å². The highest BCUT2D eigenvalue weighted by Gasteiger charge is 2.28. The first kappa shape index (κ1) is 14.0. The second kappa shape index (κ2) is 5.44. The molecule has 0 N–H and O–H groups in total. The standard InChI is InChI=1S/C17H14N2O3/c1-2-13-16(17(20)12-8-4-3-5-9-12)19(22)15-11-7-6-10-14(15)18(13)21/h3-11H,2H2,1H3. The predicted molar refractivity (Wildman–Crippen MR) is 83.3 cm³/mol. The number of nitrogens with zero attached hydrogens (tertiary/aromatic N) is 2. The van der Waals surface area contributed by atoms with Crippen molar-refractivity contribution in [1.29, 1.82) is 0 Å². The summed E-state index contributed by atoms with van der Waals surface area (Å²) < 4.78 is 1.25. The van der Waals surface area contributed by atoms with Crippen molar-refractivity contribution >= 4 is 16.8 Å². The molecule has 3 aromatic rings. The summed E-state index contributed by atoms with van der Waals surface area (Å²) in [5, 5.41) is 12.5. The summed E-state index contributed by atoms with van der Waals surface area (Å²) in [4.78, 5) is 25.3. The Bertz CT molecular complexity index is 914. The third kappa shape index (κ3) is 2.07. The number of aromatic nitrogens is 2. The summed E-state index contributed by atoms with van der Waals surface area (Å²) in [6.45, 7) is 1.75. The average molecular weight is 294 g/mol. The average Bonchev–Trinajstić information content (AvgIpc) is 2.58. The summed E-state index contributed by atoms with van der Waals surface area (Å²) >= 11 is 0. The Labute approximate surface area is 126 Å². The fourth-order valence-corrected chi connectivity index (χ4v) is 2.55. The van der Waals surface area contributed by atoms with Crippen LogP contribution >= 0.6 is 0 Å². The molecule has 0 atom stereocenters. The number of hydrogen-bond acceptors (Lipinski definition) is 3. The zero-order valence-electron chi connectivity index (χ0n) is 12.0. The third-order valence-corrected chi connectivity index (χ3v) is 3.63. The van der Waals surface area contributed by atoms with Crippen LogP contribution in [0.15, 0.2) is 54.6 Å². The Hall–Kier alpha value is -2.95. The Kier molecular flexibility index (Phi) is 3.47. The van der Waals surface area contributed by atoms with E-state index in [9.17, 15) is 14.9 Å². The number of carbonyl (C=O) groups excluding carboxylic acids is 1. The zero-order valence-corrected chi connectivity index (χ0v) is 12.0. The van der Waals surface area contributed by atoms with E-state index in [1.54, 1.807) is 55.5 Å². The monoisotopic (exact) mass is 294 g/mol. The van der Waals surface area contributed by atoms with Crippen molar-refractivity contribution in [2.45, 2.75) is 13.3 Å². The lowest BCUT2D eigenvalue weighted by Gasteiger charge is -2.17. The molecule has 5 heteroatoms. The molecule has 0 spiro atoms. The molecule has 0 unspecified atom stereocenters. The topological polar surface area (TPSA) is 68.0 Å². The van der Waals surface area contributed by atoms with Crippen molar-refractivity contribution in [1.82, 2.24) is 4.73 Å². The van der Waals surface area contributed by atoms with Gasteiger partial charge in [0, 0.05) is 16.5 Å². The number of fused-ring (bicyclic) bond motifs is 1. The van der Waals surface area contributed by atoms with Crippen LogP contribution < -0.4 is 4.43 Å². The van der Waals surface area contributed by atoms with E-state index in [4.69, 9.17) is 0 Å². The molecule has 5 nitrogen and oxygen atoms in total. The molecule has 0 aliphatic rings. The third-order valence-electron chi connectivity index (χ3n) is 3.63. The highest BCUT2D eigenvalue weighted by molar-refractivity contribution is 6.07. The fraction of sp³-hybridized carbons (Fsp3) is 0.118. The van der Waals surface area contributed by atoms with Crippen molar-refractivity contribution < 1.29 is 9.22 Å². The Morgan fingerprint density at radius 1 is 1.09 bits per heavy atom. The number of benzene rings is 2. The highest BCUT2D eigenvalue weighted by Crippen LogP contribution is 2.17. The summed E-state index contributed by atoms with van der Waals surface area (Å²) in [7, 11) is 0. The number of hydrogen-bond donors (Lipinski definition) is 0. The maximum Gasteiger partial charge on any atom is 0.330 e. The minimum absolute atomic E-state index is 0.109. The second-order valence-electron chi connectivity index (χ2n) is 4.92. The molecule has 0 amide bonds. The molecule has 1 aromatic heterocycles. The highest BCUT2D eigenvalue weighted by atomic mass is 16.5. The first-order chi connectivity index (χ1) is 10.6. The second-order valence-corrected chi connectivity index (χ2v) is 4.92. The van der Waals surface area contributed by atoms with Gasteiger partial charge in [-0.1, -0.05) is 49.4 Å². The van der Waals surface area contributed by atoms with Crippen molar-refractivity contribution in [3.63, 3.8) is 0 Å². The minimum atomic E-state index is -0.442. The van der Waals surface area contributed by atoms with Crippen LogP contribution in [0.5, 0.6) is 0 Å². The smallest absolute Gasteiger partial charge is 0.330 e. The van der Waals surface area contributed by atoms with Gasteiger partial charge in [-0.05, 0) is 12.5 Å². The van der Waals surface area contributed by atoms with Gasteiger partial charge in [-0.15, -0.1) is 0 Å². The molecule has 0 bridgehead atoms. The van der Waals surface area contributed by atoms with Crippen LogP contribution in [0.1, 0.15) is 28.7 Å². The summed E-state index contributed by atoms with van der Waals surface area (Å²) in [5.41, 5.74) is 0.912. The van der Waals surface area contributed by atoms with E-state index in [2.05, 4.69) is 0 Å². The SMILES string of the molecule is CCc1c(C(=O)c2ccccc2)[n+](=O)c2ccccc2n1[O-]. The van der Waals surface area contributed by atoms with Crippen LogP contribution in [0.2, 0.25) is 0 Å². The van der Waals surface area contributed by atoms with Gasteiger partial charge in [0.1, 0.15) is 5.52 Å². The first-order valence-corrected chi connectivity index (χ1v) is 7.01. The summed E-state index contributed by atoms with van der Waals surface area (Å²) in [6, 6.07) is 15.0. The van der Waals surface area contributed by atoms with Gasteiger partial charge in [0.15, 0.2) is 0 Å². The van der Waals surface area contributed by atoms with Gasteiger partial charge >= 0.3 is 5.69 Å². The van der Waals surface area contributed by atoms with Crippen molar-refractivity contribution in [3.05, 3.63) is 81.7 Å². The maximum atomic E-state index is 12.7. The molecule has 3 rings (SSSR count). The molecule has 2 aromatic carbocycles. The molecule has 0 fully saturated rings. The van der Waals surface area contributed by atoms with Crippen LogP contribution in [0.3, 0.4) is 0 Å². The van der Waals surface area contributed by atoms with Gasteiger partial charge in [0.05, 0.1) is 10.1 Å². The predicted octanol–water partition coefficient (Wildman–Crippen LogP) is 2.70. The molecular formula is C17H14N2O3. The van der Waals surface area contributed by atoms with Gasteiger partial charge in [-0.25, -0.2) is 0 Å². The number of para-hydroxylation sites is 2. The van der Waals surface area contributed by atoms with Gasteiger partial charge in [0.25, 0.3) is 11.3 Å². The normalized spacial score (nSPS) is 10.8. The molecule has 0 aliphatic heterocycles. The van der Waals surface area contributed by atoms with Crippen molar-refractivity contribution in [2.75, 3.05) is 0 Å². The number of rotatable bonds is 3. The minimum Gasteiger partial charge on any atom is -0.805 e. The Morgan fingerprint density at radius 2 is 1.73 bits per heavy atom. The van der Waals surface area contributed by atoms with Crippen LogP contribution in [-0.2, 0) is 6.42 Å². The van der Waals surface area contributed by atoms with E-state index >= 15 is 0 Å². The van der Waals surface area contributed by atoms with Crippen LogP contribution in [0.4, 0.5) is 0 Å². The van der Waals surface area contributed by atoms with Gasteiger partial charge in [-0.2, -0.15) is 0 Å². The van der Waals surface area contributed by atoms with Gasteiger partial charge < -0.3 is 9.94 Å². The van der Waals surface area contributed by atoms with E-state index in [-0.39, 0.29) is 22.4 Å². The molecule has 0 aliphatic carbocycles. The molecule has 0 radical (unpaired) electrons.